The van der Waals surface area contributed by atoms with Crippen LogP contribution in [0.1, 0.15) is 24.8 Å². The van der Waals surface area contributed by atoms with Gasteiger partial charge in [0.1, 0.15) is 0 Å². The van der Waals surface area contributed by atoms with Crippen molar-refractivity contribution in [2.75, 3.05) is 13.1 Å². The monoisotopic (exact) mass is 231 g/mol. The number of aliphatic hydroxyl groups is 1. The Morgan fingerprint density at radius 2 is 1.71 bits per heavy atom. The lowest BCUT2D eigenvalue weighted by Crippen LogP contribution is -2.51. The van der Waals surface area contributed by atoms with Crippen molar-refractivity contribution in [3.63, 3.8) is 0 Å². The quantitative estimate of drug-likeness (QED) is 0.844. The van der Waals surface area contributed by atoms with Gasteiger partial charge in [0.05, 0.1) is 6.10 Å². The maximum absolute atomic E-state index is 10.1. The summed E-state index contributed by atoms with van der Waals surface area (Å²) in [5.41, 5.74) is 1.39. The van der Waals surface area contributed by atoms with Gasteiger partial charge >= 0.3 is 0 Å². The highest BCUT2D eigenvalue weighted by Crippen LogP contribution is 2.35. The predicted molar refractivity (Wildman–Crippen MR) is 68.6 cm³/mol. The molecule has 0 spiro atoms. The molecule has 2 aliphatic rings. The minimum atomic E-state index is -0.0317. The van der Waals surface area contributed by atoms with E-state index in [9.17, 15) is 5.11 Å². The van der Waals surface area contributed by atoms with E-state index >= 15 is 0 Å². The fraction of sp³-hybridized carbons (Fsp3) is 0.600. The molecule has 1 saturated carbocycles. The molecule has 2 bridgehead atoms. The summed E-state index contributed by atoms with van der Waals surface area (Å²) in [4.78, 5) is 2.52. The van der Waals surface area contributed by atoms with Crippen LogP contribution in [0.2, 0.25) is 0 Å². The minimum Gasteiger partial charge on any atom is -0.392 e. The lowest BCUT2D eigenvalue weighted by molar-refractivity contribution is -0.0517. The standard InChI is InChI=1S/C15H21NO/c17-15-13-7-4-8-14(15)11-16(10-13)9-12-5-2-1-3-6-12/h1-3,5-6,13-15,17H,4,7-11H2/t13-,14+,15?. The number of benzene rings is 1. The van der Waals surface area contributed by atoms with Crippen LogP contribution in [0.25, 0.3) is 0 Å². The van der Waals surface area contributed by atoms with E-state index in [-0.39, 0.29) is 6.10 Å². The molecular formula is C15H21NO. The fourth-order valence-corrected chi connectivity index (χ4v) is 3.48. The Hall–Kier alpha value is -0.860. The lowest BCUT2D eigenvalue weighted by Gasteiger charge is -2.45. The molecular weight excluding hydrogens is 210 g/mol. The summed E-state index contributed by atoms with van der Waals surface area (Å²) in [6.45, 7) is 3.19. The van der Waals surface area contributed by atoms with Gasteiger partial charge in [0.2, 0.25) is 0 Å². The molecule has 3 rings (SSSR count). The van der Waals surface area contributed by atoms with Gasteiger partial charge in [0.25, 0.3) is 0 Å². The summed E-state index contributed by atoms with van der Waals surface area (Å²) in [5, 5.41) is 10.1. The van der Waals surface area contributed by atoms with Gasteiger partial charge in [-0.2, -0.15) is 0 Å². The van der Waals surface area contributed by atoms with Crippen LogP contribution in [0.4, 0.5) is 0 Å². The maximum Gasteiger partial charge on any atom is 0.0620 e. The van der Waals surface area contributed by atoms with E-state index < -0.39 is 0 Å². The van der Waals surface area contributed by atoms with E-state index in [0.717, 1.165) is 19.6 Å². The zero-order chi connectivity index (χ0) is 11.7. The molecule has 17 heavy (non-hydrogen) atoms. The topological polar surface area (TPSA) is 23.5 Å². The molecule has 1 aromatic carbocycles. The van der Waals surface area contributed by atoms with Crippen molar-refractivity contribution in [2.24, 2.45) is 11.8 Å². The van der Waals surface area contributed by atoms with Crippen LogP contribution < -0.4 is 0 Å². The Morgan fingerprint density at radius 1 is 1.06 bits per heavy atom. The normalized spacial score (nSPS) is 33.6. The lowest BCUT2D eigenvalue weighted by atomic mass is 9.75. The van der Waals surface area contributed by atoms with E-state index in [0.29, 0.717) is 11.8 Å². The SMILES string of the molecule is OC1[C@@H]2CCC[C@H]1CN(Cc1ccccc1)C2. The predicted octanol–water partition coefficient (Wildman–Crippen LogP) is 2.28. The highest BCUT2D eigenvalue weighted by atomic mass is 16.3. The van der Waals surface area contributed by atoms with Gasteiger partial charge in [0, 0.05) is 19.6 Å². The summed E-state index contributed by atoms with van der Waals surface area (Å²) in [6.07, 6.45) is 3.70. The summed E-state index contributed by atoms with van der Waals surface area (Å²) in [6, 6.07) is 10.7. The van der Waals surface area contributed by atoms with E-state index in [1.54, 1.807) is 0 Å². The van der Waals surface area contributed by atoms with Gasteiger partial charge in [-0.05, 0) is 30.2 Å². The average molecular weight is 231 g/mol. The third-order valence-electron chi connectivity index (χ3n) is 4.35. The zero-order valence-corrected chi connectivity index (χ0v) is 10.3. The second kappa shape index (κ2) is 4.79. The molecule has 92 valence electrons. The smallest absolute Gasteiger partial charge is 0.0620 e. The Labute approximate surface area is 103 Å². The van der Waals surface area contributed by atoms with Crippen LogP contribution in [0.5, 0.6) is 0 Å². The van der Waals surface area contributed by atoms with Crippen LogP contribution in [0.15, 0.2) is 30.3 Å². The molecule has 1 aliphatic carbocycles. The first-order chi connectivity index (χ1) is 8.33. The molecule has 2 nitrogen and oxygen atoms in total. The summed E-state index contributed by atoms with van der Waals surface area (Å²) in [5.74, 6) is 1.04. The van der Waals surface area contributed by atoms with Crippen LogP contribution in [-0.4, -0.2) is 29.2 Å². The van der Waals surface area contributed by atoms with E-state index in [1.165, 1.54) is 24.8 Å². The van der Waals surface area contributed by atoms with Crippen molar-refractivity contribution in [3.05, 3.63) is 35.9 Å². The van der Waals surface area contributed by atoms with Crippen molar-refractivity contribution in [2.45, 2.75) is 31.9 Å². The average Bonchev–Trinajstić information content (AvgIpc) is 2.32. The molecule has 1 unspecified atom stereocenters. The second-order valence-corrected chi connectivity index (χ2v) is 5.62. The Balaban J connectivity index is 1.66. The maximum atomic E-state index is 10.1. The number of nitrogens with zero attached hydrogens (tertiary/aromatic N) is 1. The molecule has 3 atom stereocenters. The van der Waals surface area contributed by atoms with Crippen molar-refractivity contribution in [3.8, 4) is 0 Å². The molecule has 1 saturated heterocycles. The van der Waals surface area contributed by atoms with Gasteiger partial charge in [-0.3, -0.25) is 4.90 Å². The molecule has 1 aromatic rings. The number of hydrogen-bond acceptors (Lipinski definition) is 2. The molecule has 1 heterocycles. The van der Waals surface area contributed by atoms with Crippen molar-refractivity contribution >= 4 is 0 Å². The number of hydrogen-bond donors (Lipinski definition) is 1. The Kier molecular flexibility index (Phi) is 3.17. The van der Waals surface area contributed by atoms with Crippen LogP contribution in [0, 0.1) is 11.8 Å². The second-order valence-electron chi connectivity index (χ2n) is 5.62. The third-order valence-corrected chi connectivity index (χ3v) is 4.35. The molecule has 1 N–H and O–H groups in total. The van der Waals surface area contributed by atoms with Gasteiger partial charge in [0.15, 0.2) is 0 Å². The molecule has 2 heteroatoms. The third kappa shape index (κ3) is 2.38. The molecule has 1 aliphatic heterocycles. The van der Waals surface area contributed by atoms with Gasteiger partial charge in [-0.15, -0.1) is 0 Å². The van der Waals surface area contributed by atoms with E-state index in [4.69, 9.17) is 0 Å². The molecule has 2 fully saturated rings. The first-order valence-electron chi connectivity index (χ1n) is 6.77. The molecule has 0 aromatic heterocycles. The van der Waals surface area contributed by atoms with Crippen molar-refractivity contribution < 1.29 is 5.11 Å². The van der Waals surface area contributed by atoms with Gasteiger partial charge < -0.3 is 5.11 Å². The highest BCUT2D eigenvalue weighted by Gasteiger charge is 2.37. The van der Waals surface area contributed by atoms with Crippen molar-refractivity contribution in [1.29, 1.82) is 0 Å². The number of rotatable bonds is 2. The Morgan fingerprint density at radius 3 is 2.35 bits per heavy atom. The van der Waals surface area contributed by atoms with Crippen LogP contribution in [0.3, 0.4) is 0 Å². The Bertz CT molecular complexity index is 350. The molecule has 0 radical (unpaired) electrons. The van der Waals surface area contributed by atoms with Gasteiger partial charge in [-0.25, -0.2) is 0 Å². The zero-order valence-electron chi connectivity index (χ0n) is 10.3. The first-order valence-corrected chi connectivity index (χ1v) is 6.77. The van der Waals surface area contributed by atoms with Crippen LogP contribution in [-0.2, 0) is 6.54 Å². The summed E-state index contributed by atoms with van der Waals surface area (Å²) < 4.78 is 0. The summed E-state index contributed by atoms with van der Waals surface area (Å²) in [7, 11) is 0. The summed E-state index contributed by atoms with van der Waals surface area (Å²) >= 11 is 0. The van der Waals surface area contributed by atoms with E-state index in [1.807, 2.05) is 0 Å². The van der Waals surface area contributed by atoms with Crippen molar-refractivity contribution in [1.82, 2.24) is 4.90 Å². The van der Waals surface area contributed by atoms with Crippen LogP contribution >= 0.6 is 0 Å². The largest absolute Gasteiger partial charge is 0.392 e. The number of aliphatic hydroxyl groups excluding tert-OH is 1. The molecule has 0 amide bonds. The van der Waals surface area contributed by atoms with Gasteiger partial charge in [-0.1, -0.05) is 36.8 Å². The minimum absolute atomic E-state index is 0.0317. The first kappa shape index (κ1) is 11.2. The van der Waals surface area contributed by atoms with E-state index in [2.05, 4.69) is 35.2 Å². The number of fused-ring (bicyclic) bond motifs is 2. The number of likely N-dealkylation sites (tertiary alicyclic amines) is 1. The highest BCUT2D eigenvalue weighted by molar-refractivity contribution is 5.14. The fourth-order valence-electron chi connectivity index (χ4n) is 3.48. The number of piperidine rings is 1.